The molecule has 1 fully saturated rings. The van der Waals surface area contributed by atoms with Crippen LogP contribution in [0.5, 0.6) is 5.75 Å². The number of nitrogens with one attached hydrogen (secondary N) is 1. The maximum Gasteiger partial charge on any atom is 0.262 e. The van der Waals surface area contributed by atoms with Crippen molar-refractivity contribution in [1.29, 1.82) is 5.26 Å². The van der Waals surface area contributed by atoms with Crippen molar-refractivity contribution in [2.45, 2.75) is 18.9 Å². The van der Waals surface area contributed by atoms with Crippen molar-refractivity contribution in [3.63, 3.8) is 0 Å². The maximum atomic E-state index is 11.9. The van der Waals surface area contributed by atoms with Crippen molar-refractivity contribution in [1.82, 2.24) is 5.32 Å². The number of carbonyl (C=O) groups is 1. The summed E-state index contributed by atoms with van der Waals surface area (Å²) < 4.78 is 5.40. The van der Waals surface area contributed by atoms with Gasteiger partial charge >= 0.3 is 0 Å². The third-order valence-electron chi connectivity index (χ3n) is 3.08. The molecule has 0 aromatic heterocycles. The normalized spacial score (nSPS) is 18.6. The van der Waals surface area contributed by atoms with Gasteiger partial charge < -0.3 is 15.2 Å². The molecule has 1 aromatic carbocycles. The van der Waals surface area contributed by atoms with E-state index in [4.69, 9.17) is 10.00 Å². The molecule has 0 saturated carbocycles. The minimum Gasteiger partial charge on any atom is -0.508 e. The molecule has 104 valence electrons. The molecular weight excluding hydrogens is 256 g/mol. The summed E-state index contributed by atoms with van der Waals surface area (Å²) >= 11 is 0. The van der Waals surface area contributed by atoms with E-state index in [1.54, 1.807) is 12.1 Å². The predicted octanol–water partition coefficient (Wildman–Crippen LogP) is 1.59. The van der Waals surface area contributed by atoms with E-state index in [0.29, 0.717) is 12.1 Å². The average molecular weight is 272 g/mol. The number of amides is 1. The van der Waals surface area contributed by atoms with Crippen LogP contribution in [0.15, 0.2) is 29.8 Å². The highest BCUT2D eigenvalue weighted by Gasteiger charge is 2.17. The number of rotatable bonds is 4. The van der Waals surface area contributed by atoms with Crippen molar-refractivity contribution < 1.29 is 14.6 Å². The molecule has 5 nitrogen and oxygen atoms in total. The quantitative estimate of drug-likeness (QED) is 0.644. The number of carbonyl (C=O) groups excluding carboxylic acids is 1. The molecule has 1 saturated heterocycles. The van der Waals surface area contributed by atoms with E-state index < -0.39 is 5.91 Å². The molecule has 1 aliphatic rings. The minimum absolute atomic E-state index is 0.0358. The van der Waals surface area contributed by atoms with Crippen molar-refractivity contribution in [2.24, 2.45) is 0 Å². The lowest BCUT2D eigenvalue weighted by Gasteiger charge is -2.10. The van der Waals surface area contributed by atoms with Gasteiger partial charge in [-0.25, -0.2) is 0 Å². The first kappa shape index (κ1) is 14.1. The Bertz CT molecular complexity index is 537. The molecule has 0 aliphatic carbocycles. The third kappa shape index (κ3) is 3.84. The number of phenolic OH excluding ortho intramolecular Hbond substituents is 1. The fraction of sp³-hybridized carbons (Fsp3) is 0.333. The highest BCUT2D eigenvalue weighted by Crippen LogP contribution is 2.13. The maximum absolute atomic E-state index is 11.9. The van der Waals surface area contributed by atoms with Gasteiger partial charge in [-0.05, 0) is 36.6 Å². The first-order chi connectivity index (χ1) is 9.69. The number of hydrogen-bond acceptors (Lipinski definition) is 4. The van der Waals surface area contributed by atoms with Crippen LogP contribution >= 0.6 is 0 Å². The zero-order valence-electron chi connectivity index (χ0n) is 11.0. The largest absolute Gasteiger partial charge is 0.508 e. The molecular formula is C15H16N2O3. The Morgan fingerprint density at radius 1 is 1.50 bits per heavy atom. The topological polar surface area (TPSA) is 82.3 Å². The summed E-state index contributed by atoms with van der Waals surface area (Å²) in [6.45, 7) is 1.16. The second kappa shape index (κ2) is 6.73. The fourth-order valence-electron chi connectivity index (χ4n) is 1.99. The van der Waals surface area contributed by atoms with E-state index in [0.717, 1.165) is 19.4 Å². The second-order valence-electron chi connectivity index (χ2n) is 4.61. The SMILES string of the molecule is N#C/C(=C\c1ccc(O)cc1)C(=O)NCC1CCCO1. The van der Waals surface area contributed by atoms with Gasteiger partial charge in [0, 0.05) is 13.2 Å². The molecule has 1 aliphatic heterocycles. The van der Waals surface area contributed by atoms with Crippen LogP contribution in [0, 0.1) is 11.3 Å². The molecule has 1 aromatic rings. The fourth-order valence-corrected chi connectivity index (χ4v) is 1.99. The van der Waals surface area contributed by atoms with Gasteiger partial charge in [-0.3, -0.25) is 4.79 Å². The van der Waals surface area contributed by atoms with Gasteiger partial charge in [0.2, 0.25) is 0 Å². The highest BCUT2D eigenvalue weighted by molar-refractivity contribution is 6.01. The Hall–Kier alpha value is -2.32. The van der Waals surface area contributed by atoms with Crippen LogP contribution in [0.4, 0.5) is 0 Å². The zero-order chi connectivity index (χ0) is 14.4. The number of aromatic hydroxyl groups is 1. The molecule has 1 atom stereocenters. The van der Waals surface area contributed by atoms with Crippen LogP contribution < -0.4 is 5.32 Å². The Labute approximate surface area is 117 Å². The molecule has 2 rings (SSSR count). The van der Waals surface area contributed by atoms with Gasteiger partial charge in [0.1, 0.15) is 17.4 Å². The lowest BCUT2D eigenvalue weighted by atomic mass is 10.1. The first-order valence-corrected chi connectivity index (χ1v) is 6.49. The summed E-state index contributed by atoms with van der Waals surface area (Å²) in [6.07, 6.45) is 3.48. The smallest absolute Gasteiger partial charge is 0.262 e. The summed E-state index contributed by atoms with van der Waals surface area (Å²) in [5, 5.41) is 20.9. The molecule has 20 heavy (non-hydrogen) atoms. The van der Waals surface area contributed by atoms with Crippen molar-refractivity contribution in [3.05, 3.63) is 35.4 Å². The van der Waals surface area contributed by atoms with Gasteiger partial charge in [-0.2, -0.15) is 5.26 Å². The van der Waals surface area contributed by atoms with Crippen LogP contribution in [-0.2, 0) is 9.53 Å². The third-order valence-corrected chi connectivity index (χ3v) is 3.08. The summed E-state index contributed by atoms with van der Waals surface area (Å²) in [5.74, 6) is -0.264. The van der Waals surface area contributed by atoms with Crippen molar-refractivity contribution >= 4 is 12.0 Å². The minimum atomic E-state index is -0.406. The monoisotopic (exact) mass is 272 g/mol. The van der Waals surface area contributed by atoms with E-state index in [1.165, 1.54) is 18.2 Å². The van der Waals surface area contributed by atoms with E-state index >= 15 is 0 Å². The number of ether oxygens (including phenoxy) is 1. The lowest BCUT2D eigenvalue weighted by molar-refractivity contribution is -0.117. The van der Waals surface area contributed by atoms with E-state index in [-0.39, 0.29) is 17.4 Å². The summed E-state index contributed by atoms with van der Waals surface area (Å²) in [7, 11) is 0. The highest BCUT2D eigenvalue weighted by atomic mass is 16.5. The van der Waals surface area contributed by atoms with Crippen molar-refractivity contribution in [3.8, 4) is 11.8 Å². The Balaban J connectivity index is 1.97. The standard InChI is InChI=1S/C15H16N2O3/c16-9-12(8-11-3-5-13(18)6-4-11)15(19)17-10-14-2-1-7-20-14/h3-6,8,14,18H,1-2,7,10H2,(H,17,19)/b12-8+. The Kier molecular flexibility index (Phi) is 4.75. The Morgan fingerprint density at radius 3 is 2.85 bits per heavy atom. The van der Waals surface area contributed by atoms with Gasteiger partial charge in [-0.15, -0.1) is 0 Å². The van der Waals surface area contributed by atoms with Crippen LogP contribution in [0.1, 0.15) is 18.4 Å². The molecule has 0 radical (unpaired) electrons. The number of phenols is 1. The molecule has 1 amide bonds. The van der Waals surface area contributed by atoms with E-state index in [2.05, 4.69) is 5.32 Å². The molecule has 0 spiro atoms. The number of nitrogens with zero attached hydrogens (tertiary/aromatic N) is 1. The van der Waals surface area contributed by atoms with Crippen molar-refractivity contribution in [2.75, 3.05) is 13.2 Å². The predicted molar refractivity (Wildman–Crippen MR) is 73.7 cm³/mol. The summed E-state index contributed by atoms with van der Waals surface area (Å²) in [6, 6.07) is 8.17. The molecule has 5 heteroatoms. The van der Waals surface area contributed by atoms with E-state index in [1.807, 2.05) is 6.07 Å². The van der Waals surface area contributed by atoms with Crippen LogP contribution in [0.25, 0.3) is 6.08 Å². The van der Waals surface area contributed by atoms with Crippen LogP contribution in [-0.4, -0.2) is 30.3 Å². The summed E-state index contributed by atoms with van der Waals surface area (Å²) in [4.78, 5) is 11.9. The lowest BCUT2D eigenvalue weighted by Crippen LogP contribution is -2.32. The number of benzene rings is 1. The molecule has 1 unspecified atom stereocenters. The first-order valence-electron chi connectivity index (χ1n) is 6.49. The average Bonchev–Trinajstić information content (AvgIpc) is 2.97. The molecule has 1 heterocycles. The number of nitriles is 1. The molecule has 0 bridgehead atoms. The number of hydrogen-bond donors (Lipinski definition) is 2. The van der Waals surface area contributed by atoms with Gasteiger partial charge in [0.05, 0.1) is 6.10 Å². The Morgan fingerprint density at radius 2 is 2.25 bits per heavy atom. The summed E-state index contributed by atoms with van der Waals surface area (Å²) in [5.41, 5.74) is 0.723. The zero-order valence-corrected chi connectivity index (χ0v) is 11.0. The van der Waals surface area contributed by atoms with Gasteiger partial charge in [-0.1, -0.05) is 12.1 Å². The van der Waals surface area contributed by atoms with E-state index in [9.17, 15) is 9.90 Å². The van der Waals surface area contributed by atoms with Gasteiger partial charge in [0.15, 0.2) is 0 Å². The van der Waals surface area contributed by atoms with Gasteiger partial charge in [0.25, 0.3) is 5.91 Å². The second-order valence-corrected chi connectivity index (χ2v) is 4.61. The van der Waals surface area contributed by atoms with Crippen LogP contribution in [0.3, 0.4) is 0 Å². The van der Waals surface area contributed by atoms with Crippen LogP contribution in [0.2, 0.25) is 0 Å². The molecule has 2 N–H and O–H groups in total.